The van der Waals surface area contributed by atoms with E-state index in [0.29, 0.717) is 10.8 Å². The average Bonchev–Trinajstić information content (AvgIpc) is 2.57. The number of benzene rings is 2. The lowest BCUT2D eigenvalue weighted by atomic mass is 9.96. The summed E-state index contributed by atoms with van der Waals surface area (Å²) >= 11 is 0. The van der Waals surface area contributed by atoms with Gasteiger partial charge >= 0.3 is 0 Å². The van der Waals surface area contributed by atoms with Gasteiger partial charge in [0.1, 0.15) is 5.78 Å². The second-order valence-corrected chi connectivity index (χ2v) is 6.32. The Labute approximate surface area is 137 Å². The minimum absolute atomic E-state index is 0.00652. The van der Waals surface area contributed by atoms with E-state index in [-0.39, 0.29) is 29.4 Å². The fourth-order valence-electron chi connectivity index (χ4n) is 3.41. The molecule has 24 heavy (non-hydrogen) atoms. The van der Waals surface area contributed by atoms with Gasteiger partial charge in [-0.1, -0.05) is 24.3 Å². The molecule has 0 radical (unpaired) electrons. The summed E-state index contributed by atoms with van der Waals surface area (Å²) < 4.78 is 2.72. The lowest BCUT2D eigenvalue weighted by Gasteiger charge is -2.25. The third-order valence-electron chi connectivity index (χ3n) is 4.77. The number of rotatable bonds is 1. The number of fused-ring (bicyclic) bond motifs is 3. The van der Waals surface area contributed by atoms with Crippen molar-refractivity contribution < 1.29 is 4.79 Å². The maximum atomic E-state index is 12.9. The third-order valence-corrected chi connectivity index (χ3v) is 4.77. The Morgan fingerprint density at radius 1 is 1.04 bits per heavy atom. The molecule has 1 aromatic heterocycles. The summed E-state index contributed by atoms with van der Waals surface area (Å²) in [5, 5.41) is 2.63. The first-order valence-corrected chi connectivity index (χ1v) is 7.84. The van der Waals surface area contributed by atoms with Gasteiger partial charge in [0.05, 0.1) is 23.2 Å². The number of allylic oxidation sites excluding steroid dienone is 1. The van der Waals surface area contributed by atoms with Crippen LogP contribution in [0.25, 0.3) is 27.7 Å². The van der Waals surface area contributed by atoms with E-state index in [1.54, 1.807) is 18.3 Å². The van der Waals surface area contributed by atoms with Crippen LogP contribution in [0.2, 0.25) is 0 Å². The summed E-state index contributed by atoms with van der Waals surface area (Å²) in [6, 6.07) is 11.2. The molecule has 2 heterocycles. The molecule has 0 N–H and O–H groups in total. The van der Waals surface area contributed by atoms with Gasteiger partial charge in [0.2, 0.25) is 0 Å². The molecule has 0 spiro atoms. The first kappa shape index (κ1) is 14.6. The van der Waals surface area contributed by atoms with Crippen molar-refractivity contribution in [2.45, 2.75) is 20.4 Å². The van der Waals surface area contributed by atoms with E-state index in [2.05, 4.69) is 0 Å². The molecule has 0 unspecified atom stereocenters. The monoisotopic (exact) mass is 320 g/mol. The summed E-state index contributed by atoms with van der Waals surface area (Å²) in [7, 11) is 0. The Morgan fingerprint density at radius 2 is 1.62 bits per heavy atom. The number of hydrogen-bond donors (Lipinski definition) is 0. The minimum atomic E-state index is -0.361. The largest absolute Gasteiger partial charge is 0.299 e. The van der Waals surface area contributed by atoms with Crippen LogP contribution in [-0.4, -0.2) is 15.1 Å². The number of carbonyl (C=O) groups excluding carboxylic acids is 1. The predicted molar refractivity (Wildman–Crippen MR) is 94.1 cm³/mol. The minimum Gasteiger partial charge on any atom is -0.299 e. The molecule has 0 bridgehead atoms. The first-order chi connectivity index (χ1) is 11.5. The van der Waals surface area contributed by atoms with Crippen molar-refractivity contribution >= 4 is 33.5 Å². The second kappa shape index (κ2) is 5.03. The molecule has 5 nitrogen and oxygen atoms in total. The van der Waals surface area contributed by atoms with Crippen LogP contribution in [0.1, 0.15) is 13.8 Å². The molecular formula is C19H16N2O3. The SMILES string of the molecule is CC(=O)[C@H]1Cn2c(=O)c3cc4ccccc4cc3c(=O)n2C=C1C. The lowest BCUT2D eigenvalue weighted by molar-refractivity contribution is -0.120. The zero-order chi connectivity index (χ0) is 17.0. The van der Waals surface area contributed by atoms with E-state index in [1.165, 1.54) is 16.3 Å². The van der Waals surface area contributed by atoms with Crippen molar-refractivity contribution in [3.63, 3.8) is 0 Å². The third kappa shape index (κ3) is 1.98. The van der Waals surface area contributed by atoms with E-state index < -0.39 is 0 Å². The summed E-state index contributed by atoms with van der Waals surface area (Å²) in [5.74, 6) is -0.368. The summed E-state index contributed by atoms with van der Waals surface area (Å²) in [4.78, 5) is 37.6. The number of ketones is 1. The predicted octanol–water partition coefficient (Wildman–Crippen LogP) is 2.40. The van der Waals surface area contributed by atoms with Crippen LogP contribution in [0.4, 0.5) is 0 Å². The molecule has 4 rings (SSSR count). The van der Waals surface area contributed by atoms with Crippen LogP contribution < -0.4 is 11.1 Å². The highest BCUT2D eigenvalue weighted by Crippen LogP contribution is 2.22. The van der Waals surface area contributed by atoms with Crippen molar-refractivity contribution in [3.8, 4) is 0 Å². The molecule has 0 aliphatic carbocycles. The molecule has 0 fully saturated rings. The second-order valence-electron chi connectivity index (χ2n) is 6.32. The topological polar surface area (TPSA) is 61.1 Å². The van der Waals surface area contributed by atoms with Crippen LogP contribution in [0.15, 0.2) is 51.6 Å². The fourth-order valence-corrected chi connectivity index (χ4v) is 3.41. The number of aromatic nitrogens is 2. The van der Waals surface area contributed by atoms with Crippen molar-refractivity contribution in [1.29, 1.82) is 0 Å². The van der Waals surface area contributed by atoms with Crippen LogP contribution in [0, 0.1) is 5.92 Å². The van der Waals surface area contributed by atoms with E-state index in [9.17, 15) is 14.4 Å². The van der Waals surface area contributed by atoms with Gasteiger partial charge in [-0.25, -0.2) is 9.36 Å². The van der Waals surface area contributed by atoms with Crippen molar-refractivity contribution in [1.82, 2.24) is 9.36 Å². The van der Waals surface area contributed by atoms with Gasteiger partial charge in [-0.15, -0.1) is 0 Å². The van der Waals surface area contributed by atoms with Crippen molar-refractivity contribution in [3.05, 3.63) is 62.7 Å². The molecule has 0 amide bonds. The van der Waals surface area contributed by atoms with Gasteiger partial charge in [0.15, 0.2) is 0 Å². The van der Waals surface area contributed by atoms with E-state index in [0.717, 1.165) is 16.3 Å². The van der Waals surface area contributed by atoms with Crippen LogP contribution in [0.3, 0.4) is 0 Å². The van der Waals surface area contributed by atoms with Crippen LogP contribution >= 0.6 is 0 Å². The lowest BCUT2D eigenvalue weighted by Crippen LogP contribution is -2.42. The zero-order valence-corrected chi connectivity index (χ0v) is 13.4. The number of hydrogen-bond acceptors (Lipinski definition) is 3. The summed E-state index contributed by atoms with van der Waals surface area (Å²) in [6.07, 6.45) is 1.61. The molecule has 1 aliphatic heterocycles. The van der Waals surface area contributed by atoms with Gasteiger partial charge < -0.3 is 0 Å². The highest BCUT2D eigenvalue weighted by atomic mass is 16.2. The average molecular weight is 320 g/mol. The standard InChI is InChI=1S/C19H16N2O3/c1-11-9-20-18(23)15-7-13-5-3-4-6-14(13)8-16(15)19(24)21(20)10-17(11)12(2)22/h3-9,17H,10H2,1-2H3/t17-/m0/s1. The molecule has 5 heteroatoms. The number of nitrogens with zero attached hydrogens (tertiary/aromatic N) is 2. The van der Waals surface area contributed by atoms with Gasteiger partial charge in [-0.3, -0.25) is 14.4 Å². The smallest absolute Gasteiger partial charge is 0.277 e. The van der Waals surface area contributed by atoms with Crippen molar-refractivity contribution in [2.24, 2.45) is 5.92 Å². The molecule has 0 saturated heterocycles. The maximum absolute atomic E-state index is 12.9. The maximum Gasteiger partial charge on any atom is 0.277 e. The first-order valence-electron chi connectivity index (χ1n) is 7.84. The number of carbonyl (C=O) groups is 1. The molecule has 1 atom stereocenters. The van der Waals surface area contributed by atoms with Crippen LogP contribution in [-0.2, 0) is 11.3 Å². The van der Waals surface area contributed by atoms with Gasteiger partial charge in [0, 0.05) is 6.20 Å². The van der Waals surface area contributed by atoms with E-state index >= 15 is 0 Å². The summed E-state index contributed by atoms with van der Waals surface area (Å²) in [6.45, 7) is 3.53. The Bertz CT molecular complexity index is 1160. The molecule has 120 valence electrons. The Hall–Kier alpha value is -2.95. The van der Waals surface area contributed by atoms with Crippen LogP contribution in [0.5, 0.6) is 0 Å². The highest BCUT2D eigenvalue weighted by Gasteiger charge is 2.25. The summed E-state index contributed by atoms with van der Waals surface area (Å²) in [5.41, 5.74) is 0.311. The van der Waals surface area contributed by atoms with Gasteiger partial charge in [0.25, 0.3) is 11.1 Å². The highest BCUT2D eigenvalue weighted by molar-refractivity contribution is 5.97. The van der Waals surface area contributed by atoms with E-state index in [4.69, 9.17) is 0 Å². The number of Topliss-reactive ketones (excluding diaryl/α,β-unsaturated/α-hetero) is 1. The van der Waals surface area contributed by atoms with E-state index in [1.807, 2.05) is 31.2 Å². The Morgan fingerprint density at radius 3 is 2.21 bits per heavy atom. The molecule has 2 aromatic carbocycles. The fraction of sp³-hybridized carbons (Fsp3) is 0.211. The molecular weight excluding hydrogens is 304 g/mol. The Kier molecular flexibility index (Phi) is 3.06. The Balaban J connectivity index is 2.13. The van der Waals surface area contributed by atoms with Crippen molar-refractivity contribution in [2.75, 3.05) is 0 Å². The molecule has 1 aliphatic rings. The van der Waals surface area contributed by atoms with Gasteiger partial charge in [-0.05, 0) is 42.3 Å². The quantitative estimate of drug-likeness (QED) is 0.647. The molecule has 0 saturated carbocycles. The zero-order valence-electron chi connectivity index (χ0n) is 13.4. The normalized spacial score (nSPS) is 16.9. The van der Waals surface area contributed by atoms with Gasteiger partial charge in [-0.2, -0.15) is 0 Å². The molecule has 3 aromatic rings.